The minimum absolute atomic E-state index is 0.266. The highest BCUT2D eigenvalue weighted by molar-refractivity contribution is 7.20. The van der Waals surface area contributed by atoms with Crippen LogP contribution in [0.1, 0.15) is 42.4 Å². The van der Waals surface area contributed by atoms with Crippen LogP contribution in [0.5, 0.6) is 0 Å². The molecule has 1 saturated heterocycles. The molecule has 1 aliphatic heterocycles. The molecule has 0 aromatic carbocycles. The van der Waals surface area contributed by atoms with E-state index in [0.29, 0.717) is 11.5 Å². The van der Waals surface area contributed by atoms with E-state index in [2.05, 4.69) is 33.6 Å². The second-order valence-electron chi connectivity index (χ2n) is 7.17. The van der Waals surface area contributed by atoms with Crippen molar-refractivity contribution >= 4 is 33.3 Å². The first-order chi connectivity index (χ1) is 12.5. The highest BCUT2D eigenvalue weighted by atomic mass is 32.1. The lowest BCUT2D eigenvalue weighted by molar-refractivity contribution is 0.0531. The molecule has 7 heteroatoms. The zero-order chi connectivity index (χ0) is 18.7. The van der Waals surface area contributed by atoms with Crippen LogP contribution >= 0.6 is 11.3 Å². The molecule has 0 amide bonds. The van der Waals surface area contributed by atoms with Crippen LogP contribution in [0, 0.1) is 12.8 Å². The van der Waals surface area contributed by atoms with E-state index < -0.39 is 0 Å². The number of esters is 1. The number of piperazine rings is 1. The van der Waals surface area contributed by atoms with E-state index in [4.69, 9.17) is 4.74 Å². The van der Waals surface area contributed by atoms with Crippen molar-refractivity contribution in [3.63, 3.8) is 0 Å². The van der Waals surface area contributed by atoms with Crippen LogP contribution in [-0.2, 0) is 4.74 Å². The zero-order valence-corrected chi connectivity index (χ0v) is 16.9. The lowest BCUT2D eigenvalue weighted by Crippen LogP contribution is -2.47. The van der Waals surface area contributed by atoms with Crippen LogP contribution in [0.25, 0.3) is 10.2 Å². The second-order valence-corrected chi connectivity index (χ2v) is 8.16. The van der Waals surface area contributed by atoms with Crippen LogP contribution in [-0.4, -0.2) is 60.2 Å². The fourth-order valence-corrected chi connectivity index (χ4v) is 4.35. The third-order valence-electron chi connectivity index (χ3n) is 4.86. The summed E-state index contributed by atoms with van der Waals surface area (Å²) in [6.07, 6.45) is 2.85. The van der Waals surface area contributed by atoms with Crippen molar-refractivity contribution in [2.24, 2.45) is 5.92 Å². The highest BCUT2D eigenvalue weighted by Gasteiger charge is 2.24. The maximum Gasteiger partial charge on any atom is 0.348 e. The van der Waals surface area contributed by atoms with Gasteiger partial charge in [-0.15, -0.1) is 11.3 Å². The molecule has 0 N–H and O–H groups in total. The van der Waals surface area contributed by atoms with E-state index in [-0.39, 0.29) is 5.97 Å². The van der Waals surface area contributed by atoms with Gasteiger partial charge in [-0.2, -0.15) is 0 Å². The average Bonchev–Trinajstić information content (AvgIpc) is 2.98. The van der Waals surface area contributed by atoms with Gasteiger partial charge in [0.05, 0.1) is 12.0 Å². The molecular weight excluding hydrogens is 348 g/mol. The number of carbonyl (C=O) groups is 1. The average molecular weight is 377 g/mol. The molecule has 0 atom stereocenters. The Kier molecular flexibility index (Phi) is 6.09. The monoisotopic (exact) mass is 376 g/mol. The molecule has 3 heterocycles. The molecule has 3 rings (SSSR count). The number of anilines is 1. The molecular formula is C19H28N4O2S. The summed E-state index contributed by atoms with van der Waals surface area (Å²) in [6, 6.07) is 0. The highest BCUT2D eigenvalue weighted by Crippen LogP contribution is 2.35. The van der Waals surface area contributed by atoms with E-state index >= 15 is 0 Å². The van der Waals surface area contributed by atoms with Crippen molar-refractivity contribution in [3.05, 3.63) is 16.8 Å². The molecule has 0 radical (unpaired) electrons. The van der Waals surface area contributed by atoms with Gasteiger partial charge in [-0.1, -0.05) is 13.8 Å². The summed E-state index contributed by atoms with van der Waals surface area (Å²) in [5.41, 5.74) is 0.932. The van der Waals surface area contributed by atoms with Gasteiger partial charge in [0.1, 0.15) is 21.9 Å². The summed E-state index contributed by atoms with van der Waals surface area (Å²) in [6.45, 7) is 13.9. The fourth-order valence-electron chi connectivity index (χ4n) is 3.31. The second kappa shape index (κ2) is 8.31. The van der Waals surface area contributed by atoms with E-state index in [1.165, 1.54) is 17.8 Å². The molecule has 0 spiro atoms. The molecule has 0 aliphatic carbocycles. The fraction of sp³-hybridized carbons (Fsp3) is 0.632. The molecule has 0 bridgehead atoms. The zero-order valence-electron chi connectivity index (χ0n) is 16.1. The standard InChI is InChI=1S/C19H28N4O2S/c1-5-25-19(24)16-14(4)15-17(20-12-21-18(15)26-16)23-10-8-22(9-11-23)7-6-13(2)3/h12-13H,5-11H2,1-4H3. The summed E-state index contributed by atoms with van der Waals surface area (Å²) in [5, 5.41) is 0.996. The quantitative estimate of drug-likeness (QED) is 0.721. The number of fused-ring (bicyclic) bond motifs is 1. The number of carbonyl (C=O) groups excluding carboxylic acids is 1. The Morgan fingerprint density at radius 2 is 2.00 bits per heavy atom. The third-order valence-corrected chi connectivity index (χ3v) is 6.04. The first kappa shape index (κ1) is 19.0. The van der Waals surface area contributed by atoms with Crippen molar-refractivity contribution in [2.45, 2.75) is 34.1 Å². The van der Waals surface area contributed by atoms with Crippen molar-refractivity contribution in [1.82, 2.24) is 14.9 Å². The molecule has 26 heavy (non-hydrogen) atoms. The van der Waals surface area contributed by atoms with Crippen LogP contribution in [0.15, 0.2) is 6.33 Å². The van der Waals surface area contributed by atoms with Crippen molar-refractivity contribution in [2.75, 3.05) is 44.2 Å². The Morgan fingerprint density at radius 1 is 1.27 bits per heavy atom. The van der Waals surface area contributed by atoms with Gasteiger partial charge >= 0.3 is 5.97 Å². The van der Waals surface area contributed by atoms with Gasteiger partial charge in [-0.05, 0) is 38.3 Å². The topological polar surface area (TPSA) is 58.6 Å². The Bertz CT molecular complexity index is 766. The maximum atomic E-state index is 12.2. The molecule has 2 aromatic rings. The predicted molar refractivity (Wildman–Crippen MR) is 106 cm³/mol. The van der Waals surface area contributed by atoms with E-state index in [1.54, 1.807) is 6.33 Å². The van der Waals surface area contributed by atoms with Gasteiger partial charge < -0.3 is 9.64 Å². The number of aryl methyl sites for hydroxylation is 1. The van der Waals surface area contributed by atoms with Gasteiger partial charge in [0.15, 0.2) is 0 Å². The summed E-state index contributed by atoms with van der Waals surface area (Å²) in [4.78, 5) is 27.5. The Hall–Kier alpha value is -1.73. The lowest BCUT2D eigenvalue weighted by Gasteiger charge is -2.36. The molecule has 142 valence electrons. The van der Waals surface area contributed by atoms with Gasteiger partial charge in [-0.25, -0.2) is 14.8 Å². The molecule has 1 fully saturated rings. The predicted octanol–water partition coefficient (Wildman–Crippen LogP) is 3.34. The number of rotatable bonds is 6. The van der Waals surface area contributed by atoms with Crippen LogP contribution in [0.2, 0.25) is 0 Å². The summed E-state index contributed by atoms with van der Waals surface area (Å²) < 4.78 is 5.19. The van der Waals surface area contributed by atoms with E-state index in [9.17, 15) is 4.79 Å². The molecule has 2 aromatic heterocycles. The normalized spacial score (nSPS) is 15.8. The number of nitrogens with zero attached hydrogens (tertiary/aromatic N) is 4. The SMILES string of the molecule is CCOC(=O)c1sc2ncnc(N3CCN(CCC(C)C)CC3)c2c1C. The first-order valence-electron chi connectivity index (χ1n) is 9.39. The Labute approximate surface area is 159 Å². The molecule has 0 saturated carbocycles. The van der Waals surface area contributed by atoms with Crippen molar-refractivity contribution in [1.29, 1.82) is 0 Å². The smallest absolute Gasteiger partial charge is 0.348 e. The lowest BCUT2D eigenvalue weighted by atomic mass is 10.1. The van der Waals surface area contributed by atoms with Gasteiger partial charge in [0.2, 0.25) is 0 Å². The number of aromatic nitrogens is 2. The van der Waals surface area contributed by atoms with Crippen LogP contribution in [0.4, 0.5) is 5.82 Å². The summed E-state index contributed by atoms with van der Waals surface area (Å²) >= 11 is 1.40. The minimum atomic E-state index is -0.266. The molecule has 6 nitrogen and oxygen atoms in total. The molecule has 1 aliphatic rings. The van der Waals surface area contributed by atoms with Crippen LogP contribution in [0.3, 0.4) is 0 Å². The third kappa shape index (κ3) is 3.99. The number of hydrogen-bond acceptors (Lipinski definition) is 7. The maximum absolute atomic E-state index is 12.2. The van der Waals surface area contributed by atoms with Gasteiger partial charge in [-0.3, -0.25) is 4.90 Å². The largest absolute Gasteiger partial charge is 0.462 e. The number of ether oxygens (including phenoxy) is 1. The van der Waals surface area contributed by atoms with Crippen LogP contribution < -0.4 is 4.90 Å². The van der Waals surface area contributed by atoms with Gasteiger partial charge in [0.25, 0.3) is 0 Å². The summed E-state index contributed by atoms with van der Waals surface area (Å²) in [7, 11) is 0. The Morgan fingerprint density at radius 3 is 2.65 bits per heavy atom. The summed E-state index contributed by atoms with van der Waals surface area (Å²) in [5.74, 6) is 1.42. The molecule has 0 unspecified atom stereocenters. The first-order valence-corrected chi connectivity index (χ1v) is 10.2. The number of thiophene rings is 1. The van der Waals surface area contributed by atoms with E-state index in [0.717, 1.165) is 60.2 Å². The number of hydrogen-bond donors (Lipinski definition) is 0. The van der Waals surface area contributed by atoms with Crippen molar-refractivity contribution in [3.8, 4) is 0 Å². The Balaban J connectivity index is 1.80. The van der Waals surface area contributed by atoms with Gasteiger partial charge in [0, 0.05) is 26.2 Å². The van der Waals surface area contributed by atoms with E-state index in [1.807, 2.05) is 13.8 Å². The van der Waals surface area contributed by atoms with Crippen molar-refractivity contribution < 1.29 is 9.53 Å². The minimum Gasteiger partial charge on any atom is -0.462 e.